The summed E-state index contributed by atoms with van der Waals surface area (Å²) in [6.07, 6.45) is 1.95. The summed E-state index contributed by atoms with van der Waals surface area (Å²) < 4.78 is 5.28. The Hall–Kier alpha value is -3.22. The fraction of sp³-hybridized carbons (Fsp3) is 0.208. The molecule has 2 aromatic carbocycles. The third-order valence-corrected chi connectivity index (χ3v) is 5.38. The van der Waals surface area contributed by atoms with Crippen LogP contribution in [0.5, 0.6) is 0 Å². The van der Waals surface area contributed by atoms with E-state index >= 15 is 0 Å². The molecule has 2 heterocycles. The number of aliphatic imine (C=N–C) groups is 1. The third-order valence-electron chi connectivity index (χ3n) is 5.05. The lowest BCUT2D eigenvalue weighted by atomic mass is 10.1. The summed E-state index contributed by atoms with van der Waals surface area (Å²) in [4.78, 5) is 21.7. The lowest BCUT2D eigenvalue weighted by molar-refractivity contribution is -0.121. The quantitative estimate of drug-likeness (QED) is 0.585. The number of ether oxygens (including phenoxy) is 1. The van der Waals surface area contributed by atoms with Crippen LogP contribution in [-0.4, -0.2) is 30.4 Å². The van der Waals surface area contributed by atoms with Crippen LogP contribution >= 0.6 is 11.6 Å². The van der Waals surface area contributed by atoms with Crippen molar-refractivity contribution < 1.29 is 9.53 Å². The number of anilines is 1. The molecule has 0 saturated heterocycles. The molecule has 0 saturated carbocycles. The molecule has 1 atom stereocenters. The Morgan fingerprint density at radius 2 is 1.94 bits per heavy atom. The van der Waals surface area contributed by atoms with Crippen molar-refractivity contribution >= 4 is 29.0 Å². The predicted molar refractivity (Wildman–Crippen MR) is 122 cm³/mol. The van der Waals surface area contributed by atoms with Crippen molar-refractivity contribution in [3.8, 4) is 0 Å². The van der Waals surface area contributed by atoms with Crippen LogP contribution in [0.25, 0.3) is 0 Å². The topological polar surface area (TPSA) is 75.6 Å². The van der Waals surface area contributed by atoms with Gasteiger partial charge in [-0.25, -0.2) is 0 Å². The summed E-state index contributed by atoms with van der Waals surface area (Å²) in [6, 6.07) is 19.0. The van der Waals surface area contributed by atoms with Gasteiger partial charge >= 0.3 is 0 Å². The van der Waals surface area contributed by atoms with Crippen LogP contribution in [0, 0.1) is 0 Å². The van der Waals surface area contributed by atoms with Crippen molar-refractivity contribution in [3.63, 3.8) is 0 Å². The molecular formula is C24H23ClN4O2. The minimum Gasteiger partial charge on any atom is -0.382 e. The molecule has 1 amide bonds. The summed E-state index contributed by atoms with van der Waals surface area (Å²) in [5.74, 6) is 0.627. The number of carbonyl (C=O) groups excluding carboxylic acids is 1. The first kappa shape index (κ1) is 21.0. The van der Waals surface area contributed by atoms with Crippen LogP contribution < -0.4 is 10.6 Å². The number of aromatic nitrogens is 1. The number of nitrogens with zero attached hydrogens (tertiary/aromatic N) is 2. The van der Waals surface area contributed by atoms with E-state index in [4.69, 9.17) is 16.3 Å². The zero-order chi connectivity index (χ0) is 21.6. The zero-order valence-electron chi connectivity index (χ0n) is 17.1. The van der Waals surface area contributed by atoms with Gasteiger partial charge in [0.2, 0.25) is 5.91 Å². The molecule has 0 radical (unpaired) electrons. The minimum atomic E-state index is -0.206. The van der Waals surface area contributed by atoms with Gasteiger partial charge in [-0.05, 0) is 29.3 Å². The van der Waals surface area contributed by atoms with Gasteiger partial charge in [0.15, 0.2) is 0 Å². The van der Waals surface area contributed by atoms with E-state index in [0.717, 1.165) is 28.2 Å². The molecule has 1 aliphatic heterocycles. The van der Waals surface area contributed by atoms with Gasteiger partial charge in [0.1, 0.15) is 5.84 Å². The molecule has 0 fully saturated rings. The lowest BCUT2D eigenvalue weighted by Crippen LogP contribution is -2.32. The van der Waals surface area contributed by atoms with E-state index in [0.29, 0.717) is 23.9 Å². The molecule has 2 N–H and O–H groups in total. The SMILES string of the molecule is COC[C@@H](NC(=O)Cc1cc2c(cn1)C(Nc1ccccc1Cl)=NC2)c1ccccc1. The molecular weight excluding hydrogens is 412 g/mol. The van der Waals surface area contributed by atoms with Crippen LogP contribution in [0.4, 0.5) is 5.69 Å². The Labute approximate surface area is 186 Å². The van der Waals surface area contributed by atoms with E-state index in [1.165, 1.54) is 0 Å². The van der Waals surface area contributed by atoms with Crippen LogP contribution in [0.15, 0.2) is 71.9 Å². The predicted octanol–water partition coefficient (Wildman–Crippen LogP) is 4.15. The summed E-state index contributed by atoms with van der Waals surface area (Å²) in [5, 5.41) is 6.94. The van der Waals surface area contributed by atoms with Gasteiger partial charge in [-0.1, -0.05) is 54.1 Å². The maximum Gasteiger partial charge on any atom is 0.226 e. The number of para-hydroxylation sites is 1. The summed E-state index contributed by atoms with van der Waals surface area (Å²) in [5.41, 5.74) is 4.46. The highest BCUT2D eigenvalue weighted by Gasteiger charge is 2.20. The van der Waals surface area contributed by atoms with Gasteiger partial charge in [-0.3, -0.25) is 14.8 Å². The fourth-order valence-corrected chi connectivity index (χ4v) is 3.70. The summed E-state index contributed by atoms with van der Waals surface area (Å²) >= 11 is 6.23. The highest BCUT2D eigenvalue weighted by atomic mass is 35.5. The second-order valence-corrected chi connectivity index (χ2v) is 7.67. The van der Waals surface area contributed by atoms with E-state index in [1.807, 2.05) is 60.7 Å². The van der Waals surface area contributed by atoms with E-state index < -0.39 is 0 Å². The van der Waals surface area contributed by atoms with Gasteiger partial charge in [-0.15, -0.1) is 0 Å². The molecule has 0 spiro atoms. The van der Waals surface area contributed by atoms with Gasteiger partial charge in [0, 0.05) is 18.9 Å². The van der Waals surface area contributed by atoms with Crippen LogP contribution in [0.2, 0.25) is 5.02 Å². The average molecular weight is 435 g/mol. The molecule has 0 unspecified atom stereocenters. The number of amidine groups is 1. The number of fused-ring (bicyclic) bond motifs is 1. The Morgan fingerprint density at radius 3 is 2.71 bits per heavy atom. The summed E-state index contributed by atoms with van der Waals surface area (Å²) in [6.45, 7) is 0.938. The Kier molecular flexibility index (Phi) is 6.60. The molecule has 3 aromatic rings. The van der Waals surface area contributed by atoms with E-state index in [-0.39, 0.29) is 18.4 Å². The van der Waals surface area contributed by atoms with E-state index in [1.54, 1.807) is 13.3 Å². The number of benzene rings is 2. The first-order chi connectivity index (χ1) is 15.1. The van der Waals surface area contributed by atoms with Gasteiger partial charge in [-0.2, -0.15) is 0 Å². The molecule has 31 heavy (non-hydrogen) atoms. The number of nitrogens with one attached hydrogen (secondary N) is 2. The molecule has 1 aromatic heterocycles. The largest absolute Gasteiger partial charge is 0.382 e. The molecule has 7 heteroatoms. The number of halogens is 1. The fourth-order valence-electron chi connectivity index (χ4n) is 3.52. The monoisotopic (exact) mass is 434 g/mol. The Bertz CT molecular complexity index is 1100. The average Bonchev–Trinajstić information content (AvgIpc) is 3.17. The number of hydrogen-bond donors (Lipinski definition) is 2. The highest BCUT2D eigenvalue weighted by Crippen LogP contribution is 2.25. The number of rotatable bonds is 7. The minimum absolute atomic E-state index is 0.105. The van der Waals surface area contributed by atoms with Gasteiger partial charge in [0.05, 0.1) is 42.0 Å². The first-order valence-electron chi connectivity index (χ1n) is 10.0. The number of carbonyl (C=O) groups is 1. The second kappa shape index (κ2) is 9.73. The Balaban J connectivity index is 1.42. The van der Waals surface area contributed by atoms with Crippen molar-refractivity contribution in [2.75, 3.05) is 19.0 Å². The van der Waals surface area contributed by atoms with Crippen LogP contribution in [-0.2, 0) is 22.5 Å². The molecule has 6 nitrogen and oxygen atoms in total. The van der Waals surface area contributed by atoms with Crippen LogP contribution in [0.3, 0.4) is 0 Å². The van der Waals surface area contributed by atoms with Gasteiger partial charge in [0.25, 0.3) is 0 Å². The summed E-state index contributed by atoms with van der Waals surface area (Å²) in [7, 11) is 1.62. The zero-order valence-corrected chi connectivity index (χ0v) is 17.9. The van der Waals surface area contributed by atoms with Gasteiger partial charge < -0.3 is 15.4 Å². The van der Waals surface area contributed by atoms with Crippen molar-refractivity contribution in [1.82, 2.24) is 10.3 Å². The van der Waals surface area contributed by atoms with E-state index in [2.05, 4.69) is 20.6 Å². The van der Waals surface area contributed by atoms with Crippen molar-refractivity contribution in [2.24, 2.45) is 4.99 Å². The molecule has 0 aliphatic carbocycles. The van der Waals surface area contributed by atoms with Crippen molar-refractivity contribution in [2.45, 2.75) is 19.0 Å². The van der Waals surface area contributed by atoms with Crippen LogP contribution in [0.1, 0.15) is 28.4 Å². The lowest BCUT2D eigenvalue weighted by Gasteiger charge is -2.18. The van der Waals surface area contributed by atoms with Crippen molar-refractivity contribution in [1.29, 1.82) is 0 Å². The standard InChI is InChI=1S/C24H23ClN4O2/c1-31-15-22(16-7-3-2-4-8-16)28-23(30)12-18-11-17-13-27-24(19(17)14-26-18)29-21-10-6-5-9-20(21)25/h2-11,14,22H,12-13,15H2,1H3,(H,27,29)(H,28,30)/t22-/m1/s1. The molecule has 158 valence electrons. The number of methoxy groups -OCH3 is 1. The normalized spacial score (nSPS) is 13.3. The number of amides is 1. The number of hydrogen-bond acceptors (Lipinski definition) is 5. The molecule has 0 bridgehead atoms. The smallest absolute Gasteiger partial charge is 0.226 e. The maximum atomic E-state index is 12.7. The maximum absolute atomic E-state index is 12.7. The first-order valence-corrected chi connectivity index (χ1v) is 10.4. The molecule has 1 aliphatic rings. The van der Waals surface area contributed by atoms with E-state index in [9.17, 15) is 4.79 Å². The highest BCUT2D eigenvalue weighted by molar-refractivity contribution is 6.34. The second-order valence-electron chi connectivity index (χ2n) is 7.27. The van der Waals surface area contributed by atoms with Crippen molar-refractivity contribution in [3.05, 3.63) is 94.3 Å². The third kappa shape index (κ3) is 5.10. The Morgan fingerprint density at radius 1 is 1.16 bits per heavy atom. The molecule has 4 rings (SSSR count). The number of pyridine rings is 1.